The molecule has 1 aromatic carbocycles. The van der Waals surface area contributed by atoms with Crippen LogP contribution in [0.4, 0.5) is 0 Å². The van der Waals surface area contributed by atoms with Gasteiger partial charge in [0.25, 0.3) is 5.56 Å². The summed E-state index contributed by atoms with van der Waals surface area (Å²) in [5.41, 5.74) is 1.41. The third kappa shape index (κ3) is 3.94. The predicted molar refractivity (Wildman–Crippen MR) is 87.9 cm³/mol. The van der Waals surface area contributed by atoms with E-state index in [9.17, 15) is 4.79 Å². The molecule has 2 aromatic rings. The smallest absolute Gasteiger partial charge is 0.251 e. The number of nitrogens with zero attached hydrogens (tertiary/aromatic N) is 1. The molecule has 0 aliphatic carbocycles. The molecule has 1 aromatic heterocycles. The Morgan fingerprint density at radius 1 is 1.33 bits per heavy atom. The van der Waals surface area contributed by atoms with Crippen LogP contribution in [0.5, 0.6) is 5.75 Å². The molecule has 112 valence electrons. The molecule has 0 aliphatic heterocycles. The number of H-pyrrole nitrogens is 1. The lowest BCUT2D eigenvalue weighted by atomic mass is 10.1. The first-order chi connectivity index (χ1) is 10.0. The number of hydrogen-bond donors (Lipinski definition) is 1. The second-order valence-electron chi connectivity index (χ2n) is 5.16. The van der Waals surface area contributed by atoms with Crippen molar-refractivity contribution in [1.29, 1.82) is 0 Å². The zero-order chi connectivity index (χ0) is 15.4. The largest absolute Gasteiger partial charge is 0.493 e. The Kier molecular flexibility index (Phi) is 5.17. The van der Waals surface area contributed by atoms with Gasteiger partial charge in [0.05, 0.1) is 17.9 Å². The second-order valence-corrected chi connectivity index (χ2v) is 6.08. The molecule has 0 aliphatic rings. The summed E-state index contributed by atoms with van der Waals surface area (Å²) in [6.45, 7) is 6.71. The topological polar surface area (TPSA) is 55.0 Å². The maximum absolute atomic E-state index is 11.9. The van der Waals surface area contributed by atoms with Crippen molar-refractivity contribution in [3.8, 4) is 17.1 Å². The number of rotatable bonds is 5. The molecule has 1 heterocycles. The van der Waals surface area contributed by atoms with Crippen molar-refractivity contribution in [1.82, 2.24) is 9.97 Å². The van der Waals surface area contributed by atoms with E-state index in [0.29, 0.717) is 12.4 Å². The van der Waals surface area contributed by atoms with Gasteiger partial charge >= 0.3 is 0 Å². The van der Waals surface area contributed by atoms with Crippen molar-refractivity contribution in [2.45, 2.75) is 33.1 Å². The minimum atomic E-state index is -0.148. The van der Waals surface area contributed by atoms with Crippen LogP contribution in [0.1, 0.15) is 38.8 Å². The van der Waals surface area contributed by atoms with Crippen molar-refractivity contribution >= 4 is 15.9 Å². The van der Waals surface area contributed by atoms with Crippen LogP contribution in [0.2, 0.25) is 0 Å². The van der Waals surface area contributed by atoms with Crippen LogP contribution < -0.4 is 10.3 Å². The first-order valence-corrected chi connectivity index (χ1v) is 7.84. The van der Waals surface area contributed by atoms with Crippen LogP contribution in [0, 0.1) is 0 Å². The summed E-state index contributed by atoms with van der Waals surface area (Å²) in [4.78, 5) is 19.2. The fourth-order valence-corrected chi connectivity index (χ4v) is 2.29. The highest BCUT2D eigenvalue weighted by molar-refractivity contribution is 9.10. The summed E-state index contributed by atoms with van der Waals surface area (Å²) in [5, 5.41) is 0. The Bertz CT molecular complexity index is 680. The summed E-state index contributed by atoms with van der Waals surface area (Å²) >= 11 is 3.45. The maximum atomic E-state index is 11.9. The Morgan fingerprint density at radius 3 is 2.76 bits per heavy atom. The standard InChI is InChI=1S/C16H19BrN2O2/c1-4-7-21-14-6-5-11(17)8-12(14)16-18-13(10(2)3)9-15(20)19-16/h5-6,8-10H,4,7H2,1-3H3,(H,18,19,20). The van der Waals surface area contributed by atoms with Crippen molar-refractivity contribution < 1.29 is 4.74 Å². The van der Waals surface area contributed by atoms with E-state index < -0.39 is 0 Å². The van der Waals surface area contributed by atoms with Gasteiger partial charge < -0.3 is 9.72 Å². The fourth-order valence-electron chi connectivity index (χ4n) is 1.92. The number of aromatic nitrogens is 2. The summed E-state index contributed by atoms with van der Waals surface area (Å²) < 4.78 is 6.67. The van der Waals surface area contributed by atoms with Crippen LogP contribution >= 0.6 is 15.9 Å². The number of benzene rings is 1. The molecule has 0 fully saturated rings. The first-order valence-electron chi connectivity index (χ1n) is 7.05. The average Bonchev–Trinajstić information content (AvgIpc) is 2.45. The molecule has 0 saturated carbocycles. The third-order valence-electron chi connectivity index (χ3n) is 3.01. The monoisotopic (exact) mass is 350 g/mol. The minimum Gasteiger partial charge on any atom is -0.493 e. The Labute approximate surface area is 132 Å². The molecule has 1 N–H and O–H groups in total. The van der Waals surface area contributed by atoms with E-state index in [2.05, 4.69) is 32.8 Å². The first kappa shape index (κ1) is 15.8. The number of ether oxygens (including phenoxy) is 1. The van der Waals surface area contributed by atoms with Gasteiger partial charge in [-0.1, -0.05) is 36.7 Å². The lowest BCUT2D eigenvalue weighted by Gasteiger charge is -2.12. The lowest BCUT2D eigenvalue weighted by molar-refractivity contribution is 0.318. The van der Waals surface area contributed by atoms with E-state index in [0.717, 1.165) is 27.9 Å². The Morgan fingerprint density at radius 2 is 2.10 bits per heavy atom. The van der Waals surface area contributed by atoms with E-state index in [1.807, 2.05) is 32.0 Å². The van der Waals surface area contributed by atoms with E-state index in [1.165, 1.54) is 0 Å². The third-order valence-corrected chi connectivity index (χ3v) is 3.50. The molecule has 0 unspecified atom stereocenters. The highest BCUT2D eigenvalue weighted by Gasteiger charge is 2.12. The summed E-state index contributed by atoms with van der Waals surface area (Å²) in [7, 11) is 0. The molecule has 0 spiro atoms. The second kappa shape index (κ2) is 6.89. The van der Waals surface area contributed by atoms with Gasteiger partial charge in [0.2, 0.25) is 0 Å². The molecule has 0 bridgehead atoms. The van der Waals surface area contributed by atoms with Crippen LogP contribution in [0.15, 0.2) is 33.5 Å². The highest BCUT2D eigenvalue weighted by atomic mass is 79.9. The molecule has 0 amide bonds. The van der Waals surface area contributed by atoms with Crippen molar-refractivity contribution in [2.75, 3.05) is 6.61 Å². The van der Waals surface area contributed by atoms with Crippen LogP contribution in [-0.2, 0) is 0 Å². The summed E-state index contributed by atoms with van der Waals surface area (Å²) in [6, 6.07) is 7.25. The quantitative estimate of drug-likeness (QED) is 0.882. The van der Waals surface area contributed by atoms with E-state index in [-0.39, 0.29) is 11.5 Å². The minimum absolute atomic E-state index is 0.148. The molecule has 2 rings (SSSR count). The van der Waals surface area contributed by atoms with Crippen molar-refractivity contribution in [3.05, 3.63) is 44.8 Å². The van der Waals surface area contributed by atoms with Crippen LogP contribution in [0.25, 0.3) is 11.4 Å². The van der Waals surface area contributed by atoms with Gasteiger partial charge in [-0.25, -0.2) is 4.98 Å². The average molecular weight is 351 g/mol. The van der Waals surface area contributed by atoms with Crippen molar-refractivity contribution in [3.63, 3.8) is 0 Å². The molecule has 4 nitrogen and oxygen atoms in total. The van der Waals surface area contributed by atoms with E-state index in [4.69, 9.17) is 4.74 Å². The number of nitrogens with one attached hydrogen (secondary N) is 1. The normalized spacial score (nSPS) is 10.9. The molecule has 0 atom stereocenters. The highest BCUT2D eigenvalue weighted by Crippen LogP contribution is 2.31. The van der Waals surface area contributed by atoms with Gasteiger partial charge in [0.15, 0.2) is 0 Å². The lowest BCUT2D eigenvalue weighted by Crippen LogP contribution is -2.11. The molecule has 0 radical (unpaired) electrons. The maximum Gasteiger partial charge on any atom is 0.251 e. The van der Waals surface area contributed by atoms with Crippen molar-refractivity contribution in [2.24, 2.45) is 0 Å². The molecule has 5 heteroatoms. The van der Waals surface area contributed by atoms with Gasteiger partial charge in [-0.05, 0) is 30.5 Å². The van der Waals surface area contributed by atoms with E-state index in [1.54, 1.807) is 6.07 Å². The van der Waals surface area contributed by atoms with E-state index >= 15 is 0 Å². The number of aromatic amines is 1. The molecular weight excluding hydrogens is 332 g/mol. The van der Waals surface area contributed by atoms with Gasteiger partial charge in [-0.2, -0.15) is 0 Å². The predicted octanol–water partition coefficient (Wildman–Crippen LogP) is 4.11. The van der Waals surface area contributed by atoms with Crippen LogP contribution in [-0.4, -0.2) is 16.6 Å². The van der Waals surface area contributed by atoms with Gasteiger partial charge in [-0.15, -0.1) is 0 Å². The van der Waals surface area contributed by atoms with Gasteiger partial charge in [-0.3, -0.25) is 4.79 Å². The molecule has 0 saturated heterocycles. The zero-order valence-electron chi connectivity index (χ0n) is 12.4. The number of hydrogen-bond acceptors (Lipinski definition) is 3. The fraction of sp³-hybridized carbons (Fsp3) is 0.375. The summed E-state index contributed by atoms with van der Waals surface area (Å²) in [6.07, 6.45) is 0.922. The van der Waals surface area contributed by atoms with Gasteiger partial charge in [0, 0.05) is 10.5 Å². The SMILES string of the molecule is CCCOc1ccc(Br)cc1-c1nc(C(C)C)cc(=O)[nH]1. The summed E-state index contributed by atoms with van der Waals surface area (Å²) in [5.74, 6) is 1.46. The van der Waals surface area contributed by atoms with Crippen LogP contribution in [0.3, 0.4) is 0 Å². The zero-order valence-corrected chi connectivity index (χ0v) is 14.0. The molecular formula is C16H19BrN2O2. The number of halogens is 1. The van der Waals surface area contributed by atoms with Gasteiger partial charge in [0.1, 0.15) is 11.6 Å². The Balaban J connectivity index is 2.54. The Hall–Kier alpha value is -1.62. The molecule has 21 heavy (non-hydrogen) atoms.